The molecule has 1 N–H and O–H groups in total. The molecule has 1 aromatic carbocycles. The summed E-state index contributed by atoms with van der Waals surface area (Å²) in [6.45, 7) is 7.55. The fourth-order valence-electron chi connectivity index (χ4n) is 5.30. The average molecular weight is 570 g/mol. The normalized spacial score (nSPS) is 22.2. The lowest BCUT2D eigenvalue weighted by atomic mass is 9.97. The largest absolute Gasteiger partial charge is 0.494 e. The number of carbonyl (C=O) groups excluding carboxylic acids is 1. The number of carbonyl (C=O) groups is 1. The first kappa shape index (κ1) is 28.6. The number of anilines is 2. The lowest BCUT2D eigenvalue weighted by Gasteiger charge is -2.25. The molecular weight excluding hydrogens is 536 g/mol. The predicted octanol–water partition coefficient (Wildman–Crippen LogP) is 4.17. The van der Waals surface area contributed by atoms with Gasteiger partial charge >= 0.3 is 0 Å². The Bertz CT molecular complexity index is 1460. The molecule has 4 heterocycles. The summed E-state index contributed by atoms with van der Waals surface area (Å²) in [7, 11) is 4.23. The van der Waals surface area contributed by atoms with E-state index >= 15 is 8.78 Å². The van der Waals surface area contributed by atoms with E-state index in [2.05, 4.69) is 21.9 Å². The van der Waals surface area contributed by atoms with Gasteiger partial charge in [0.15, 0.2) is 34.7 Å². The van der Waals surface area contributed by atoms with Crippen LogP contribution in [0.25, 0.3) is 22.3 Å². The Labute approximate surface area is 236 Å². The Morgan fingerprint density at radius 2 is 1.93 bits per heavy atom. The molecule has 0 spiro atoms. The van der Waals surface area contributed by atoms with Crippen LogP contribution < -0.4 is 19.7 Å². The molecule has 3 atom stereocenters. The highest BCUT2D eigenvalue weighted by Gasteiger charge is 2.36. The zero-order valence-corrected chi connectivity index (χ0v) is 23.5. The third-order valence-electron chi connectivity index (χ3n) is 7.81. The number of aromatic nitrogens is 3. The molecule has 2 aromatic heterocycles. The molecule has 2 aliphatic heterocycles. The van der Waals surface area contributed by atoms with Crippen molar-refractivity contribution >= 4 is 28.3 Å². The number of allylic oxidation sites excluding steroid dienone is 1. The number of methoxy groups -OCH3 is 3. The minimum atomic E-state index is -0.938. The molecule has 41 heavy (non-hydrogen) atoms. The maximum Gasteiger partial charge on any atom is 0.179 e. The summed E-state index contributed by atoms with van der Waals surface area (Å²) in [4.78, 5) is 27.7. The lowest BCUT2D eigenvalue weighted by molar-refractivity contribution is -0.115. The number of nitrogens with one attached hydrogen (secondary N) is 1. The molecule has 0 amide bonds. The highest BCUT2D eigenvalue weighted by Crippen LogP contribution is 2.39. The van der Waals surface area contributed by atoms with Crippen molar-refractivity contribution in [2.24, 2.45) is 5.92 Å². The predicted molar refractivity (Wildman–Crippen MR) is 150 cm³/mol. The number of ether oxygens (including phenoxy) is 4. The van der Waals surface area contributed by atoms with Crippen molar-refractivity contribution in [2.45, 2.75) is 31.4 Å². The van der Waals surface area contributed by atoms with E-state index in [9.17, 15) is 4.79 Å². The molecule has 12 heteroatoms. The van der Waals surface area contributed by atoms with Gasteiger partial charge in [0.05, 0.1) is 56.4 Å². The van der Waals surface area contributed by atoms with Gasteiger partial charge in [-0.15, -0.1) is 0 Å². The van der Waals surface area contributed by atoms with Crippen LogP contribution >= 0.6 is 0 Å². The number of fused-ring (bicyclic) bond motifs is 1. The minimum absolute atomic E-state index is 0.0360. The van der Waals surface area contributed by atoms with E-state index in [1.54, 1.807) is 13.2 Å². The summed E-state index contributed by atoms with van der Waals surface area (Å²) in [6, 6.07) is 2.81. The molecule has 2 fully saturated rings. The highest BCUT2D eigenvalue weighted by molar-refractivity contribution is 5.93. The second-order valence-corrected chi connectivity index (χ2v) is 10.5. The first-order valence-corrected chi connectivity index (χ1v) is 13.3. The molecule has 0 bridgehead atoms. The third-order valence-corrected chi connectivity index (χ3v) is 7.81. The van der Waals surface area contributed by atoms with E-state index in [0.717, 1.165) is 12.5 Å². The molecule has 3 aromatic rings. The summed E-state index contributed by atoms with van der Waals surface area (Å²) in [5.74, 6) is -1.50. The van der Waals surface area contributed by atoms with Crippen LogP contribution in [0.5, 0.6) is 11.5 Å². The molecule has 0 radical (unpaired) electrons. The number of benzene rings is 1. The first-order chi connectivity index (χ1) is 19.7. The van der Waals surface area contributed by atoms with Crippen LogP contribution in [-0.2, 0) is 14.3 Å². The van der Waals surface area contributed by atoms with E-state index in [-0.39, 0.29) is 35.1 Å². The van der Waals surface area contributed by atoms with E-state index in [4.69, 9.17) is 23.9 Å². The fraction of sp³-hybridized carbons (Fsp3) is 0.448. The van der Waals surface area contributed by atoms with Gasteiger partial charge in [-0.3, -0.25) is 4.79 Å². The molecule has 2 aliphatic rings. The second kappa shape index (κ2) is 11.5. The zero-order chi connectivity index (χ0) is 29.3. The van der Waals surface area contributed by atoms with Gasteiger partial charge in [0.2, 0.25) is 0 Å². The summed E-state index contributed by atoms with van der Waals surface area (Å²) in [5.41, 5.74) is -0.492. The Morgan fingerprint density at radius 1 is 1.20 bits per heavy atom. The van der Waals surface area contributed by atoms with Crippen molar-refractivity contribution in [3.63, 3.8) is 0 Å². The average Bonchev–Trinajstić information content (AvgIpc) is 3.59. The molecule has 10 nitrogen and oxygen atoms in total. The number of rotatable bonds is 10. The number of pyridine rings is 1. The van der Waals surface area contributed by atoms with Crippen LogP contribution in [0.1, 0.15) is 19.8 Å². The second-order valence-electron chi connectivity index (χ2n) is 10.5. The Morgan fingerprint density at radius 3 is 2.56 bits per heavy atom. The smallest absolute Gasteiger partial charge is 0.179 e. The van der Waals surface area contributed by atoms with Crippen molar-refractivity contribution in [2.75, 3.05) is 57.8 Å². The van der Waals surface area contributed by atoms with Crippen LogP contribution in [0.3, 0.4) is 0 Å². The topological polar surface area (TPSA) is 108 Å². The Kier molecular flexibility index (Phi) is 8.05. The lowest BCUT2D eigenvalue weighted by Crippen LogP contribution is -2.32. The van der Waals surface area contributed by atoms with E-state index in [1.807, 2.05) is 11.8 Å². The van der Waals surface area contributed by atoms with Gasteiger partial charge in [-0.25, -0.2) is 23.7 Å². The molecule has 0 aliphatic carbocycles. The van der Waals surface area contributed by atoms with Gasteiger partial charge in [0.25, 0.3) is 0 Å². The third kappa shape index (κ3) is 5.53. The van der Waals surface area contributed by atoms with Gasteiger partial charge in [-0.05, 0) is 25.5 Å². The standard InChI is InChI=1S/C29H33F2N5O5/c1-6-17(37)9-16-13-41-14-20(16)33-23-10-18-19(12-32-23)34-27(35-28(18)36-8-7-29(2,15-36)40-5)24-25(30)21(38-3)11-22(39-4)26(24)31/h6,10-12,16,20H,1,7-9,13-15H2,2-5H3,(H,32,33)/t16-,20+,29?/m0/s1. The Hall–Kier alpha value is -3.90. The molecular formula is C29H33F2N5O5. The van der Waals surface area contributed by atoms with Crippen molar-refractivity contribution in [3.05, 3.63) is 42.6 Å². The van der Waals surface area contributed by atoms with Crippen LogP contribution in [0.4, 0.5) is 20.4 Å². The van der Waals surface area contributed by atoms with E-state index in [0.29, 0.717) is 55.3 Å². The summed E-state index contributed by atoms with van der Waals surface area (Å²) >= 11 is 0. The zero-order valence-electron chi connectivity index (χ0n) is 23.5. The summed E-state index contributed by atoms with van der Waals surface area (Å²) in [6.07, 6.45) is 3.90. The highest BCUT2D eigenvalue weighted by atomic mass is 19.1. The molecule has 2 saturated heterocycles. The number of nitrogens with zero attached hydrogens (tertiary/aromatic N) is 4. The number of hydrogen-bond donors (Lipinski definition) is 1. The number of hydrogen-bond acceptors (Lipinski definition) is 10. The number of halogens is 2. The molecule has 218 valence electrons. The molecule has 0 saturated carbocycles. The summed E-state index contributed by atoms with van der Waals surface area (Å²) in [5, 5.41) is 4.02. The Balaban J connectivity index is 1.61. The van der Waals surface area contributed by atoms with Crippen molar-refractivity contribution < 1.29 is 32.5 Å². The quantitative estimate of drug-likeness (QED) is 0.358. The van der Waals surface area contributed by atoms with E-state index in [1.165, 1.54) is 26.5 Å². The minimum Gasteiger partial charge on any atom is -0.494 e. The van der Waals surface area contributed by atoms with Crippen molar-refractivity contribution in [1.82, 2.24) is 15.0 Å². The van der Waals surface area contributed by atoms with Crippen molar-refractivity contribution in [3.8, 4) is 22.9 Å². The first-order valence-electron chi connectivity index (χ1n) is 13.3. The SMILES string of the molecule is C=CC(=O)C[C@H]1COC[C@H]1Nc1cc2c(N3CCC(C)(OC)C3)nc(-c3c(F)c(OC)cc(OC)c3F)nc2cn1. The van der Waals surface area contributed by atoms with Crippen LogP contribution in [0, 0.1) is 17.6 Å². The van der Waals surface area contributed by atoms with Crippen LogP contribution in [-0.4, -0.2) is 80.0 Å². The van der Waals surface area contributed by atoms with Crippen molar-refractivity contribution in [1.29, 1.82) is 0 Å². The summed E-state index contributed by atoms with van der Waals surface area (Å²) < 4.78 is 52.5. The van der Waals surface area contributed by atoms with Gasteiger partial charge in [0.1, 0.15) is 11.6 Å². The molecule has 5 rings (SSSR count). The van der Waals surface area contributed by atoms with Gasteiger partial charge in [0, 0.05) is 44.0 Å². The van der Waals surface area contributed by atoms with Crippen LogP contribution in [0.15, 0.2) is 31.0 Å². The van der Waals surface area contributed by atoms with Gasteiger partial charge in [-0.1, -0.05) is 6.58 Å². The maximum absolute atomic E-state index is 15.5. The van der Waals surface area contributed by atoms with Gasteiger partial charge < -0.3 is 29.2 Å². The van der Waals surface area contributed by atoms with Crippen LogP contribution in [0.2, 0.25) is 0 Å². The van der Waals surface area contributed by atoms with E-state index < -0.39 is 22.8 Å². The number of ketones is 1. The molecule has 1 unspecified atom stereocenters. The van der Waals surface area contributed by atoms with Gasteiger partial charge in [-0.2, -0.15) is 0 Å². The fourth-order valence-corrected chi connectivity index (χ4v) is 5.30. The monoisotopic (exact) mass is 569 g/mol. The maximum atomic E-state index is 15.5.